The molecule has 0 spiro atoms. The number of amides is 2. The maximum atomic E-state index is 12.6. The summed E-state index contributed by atoms with van der Waals surface area (Å²) < 4.78 is 5.35. The van der Waals surface area contributed by atoms with Gasteiger partial charge < -0.3 is 15.0 Å². The SMILES string of the molecule is CCCCC(=O)NCC(C)(C)CC(C)(C)CC(=O)N1CCC(OC)C1. The number of nitrogens with zero attached hydrogens (tertiary/aromatic N) is 1. The second-order valence-corrected chi connectivity index (χ2v) is 9.05. The number of hydrogen-bond acceptors (Lipinski definition) is 3. The highest BCUT2D eigenvalue weighted by Crippen LogP contribution is 2.36. The van der Waals surface area contributed by atoms with Gasteiger partial charge in [-0.3, -0.25) is 9.59 Å². The van der Waals surface area contributed by atoms with Crippen LogP contribution in [0.4, 0.5) is 0 Å². The van der Waals surface area contributed by atoms with Crippen LogP contribution in [0.3, 0.4) is 0 Å². The van der Waals surface area contributed by atoms with Crippen molar-refractivity contribution in [1.29, 1.82) is 0 Å². The van der Waals surface area contributed by atoms with E-state index in [4.69, 9.17) is 4.74 Å². The molecule has 5 nitrogen and oxygen atoms in total. The highest BCUT2D eigenvalue weighted by molar-refractivity contribution is 5.77. The Balaban J connectivity index is 2.46. The molecular formula is C20H38N2O3. The molecule has 0 bridgehead atoms. The summed E-state index contributed by atoms with van der Waals surface area (Å²) in [5.41, 5.74) is -0.133. The summed E-state index contributed by atoms with van der Waals surface area (Å²) in [5, 5.41) is 3.05. The van der Waals surface area contributed by atoms with Gasteiger partial charge in [0.25, 0.3) is 0 Å². The van der Waals surface area contributed by atoms with Crippen LogP contribution in [-0.2, 0) is 14.3 Å². The van der Waals surface area contributed by atoms with Gasteiger partial charge in [-0.1, -0.05) is 41.0 Å². The van der Waals surface area contributed by atoms with Gasteiger partial charge in [-0.25, -0.2) is 0 Å². The summed E-state index contributed by atoms with van der Waals surface area (Å²) in [6, 6.07) is 0. The Hall–Kier alpha value is -1.10. The molecule has 0 aromatic rings. The van der Waals surface area contributed by atoms with E-state index in [-0.39, 0.29) is 28.7 Å². The molecule has 5 heteroatoms. The molecule has 0 aliphatic carbocycles. The van der Waals surface area contributed by atoms with Crippen molar-refractivity contribution in [3.63, 3.8) is 0 Å². The van der Waals surface area contributed by atoms with Crippen LogP contribution in [0.25, 0.3) is 0 Å². The van der Waals surface area contributed by atoms with Gasteiger partial charge in [0.15, 0.2) is 0 Å². The predicted molar refractivity (Wildman–Crippen MR) is 101 cm³/mol. The monoisotopic (exact) mass is 354 g/mol. The Morgan fingerprint density at radius 3 is 2.44 bits per heavy atom. The highest BCUT2D eigenvalue weighted by Gasteiger charge is 2.34. The van der Waals surface area contributed by atoms with E-state index in [0.29, 0.717) is 25.9 Å². The molecule has 25 heavy (non-hydrogen) atoms. The second kappa shape index (κ2) is 9.56. The first-order valence-corrected chi connectivity index (χ1v) is 9.66. The lowest BCUT2D eigenvalue weighted by atomic mass is 9.73. The van der Waals surface area contributed by atoms with Crippen LogP contribution >= 0.6 is 0 Å². The molecule has 1 aliphatic heterocycles. The number of rotatable bonds is 10. The van der Waals surface area contributed by atoms with Crippen molar-refractivity contribution in [2.45, 2.75) is 79.2 Å². The van der Waals surface area contributed by atoms with Gasteiger partial charge in [0.2, 0.25) is 11.8 Å². The standard InChI is InChI=1S/C20H38N2O3/c1-7-8-9-17(23)21-15-20(4,5)14-19(2,3)12-18(24)22-11-10-16(13-22)25-6/h16H,7-15H2,1-6H3,(H,21,23). The molecule has 1 atom stereocenters. The smallest absolute Gasteiger partial charge is 0.223 e. The lowest BCUT2D eigenvalue weighted by Crippen LogP contribution is -2.39. The minimum atomic E-state index is -0.0973. The fraction of sp³-hybridized carbons (Fsp3) is 0.900. The maximum Gasteiger partial charge on any atom is 0.223 e. The van der Waals surface area contributed by atoms with Crippen molar-refractivity contribution in [1.82, 2.24) is 10.2 Å². The van der Waals surface area contributed by atoms with Gasteiger partial charge in [0.1, 0.15) is 0 Å². The molecule has 2 amide bonds. The molecule has 0 aromatic heterocycles. The summed E-state index contributed by atoms with van der Waals surface area (Å²) in [6.45, 7) is 12.9. The second-order valence-electron chi connectivity index (χ2n) is 9.05. The van der Waals surface area contributed by atoms with Gasteiger partial charge in [0, 0.05) is 39.6 Å². The third-order valence-corrected chi connectivity index (χ3v) is 4.94. The normalized spacial score (nSPS) is 18.5. The van der Waals surface area contributed by atoms with Crippen LogP contribution in [0.5, 0.6) is 0 Å². The summed E-state index contributed by atoms with van der Waals surface area (Å²) in [7, 11) is 1.71. The Labute approximate surface area is 153 Å². The first-order valence-electron chi connectivity index (χ1n) is 9.66. The van der Waals surface area contributed by atoms with E-state index in [9.17, 15) is 9.59 Å². The lowest BCUT2D eigenvalue weighted by molar-refractivity contribution is -0.133. The average Bonchev–Trinajstić information content (AvgIpc) is 2.98. The van der Waals surface area contributed by atoms with Crippen molar-refractivity contribution in [2.75, 3.05) is 26.7 Å². The largest absolute Gasteiger partial charge is 0.380 e. The summed E-state index contributed by atoms with van der Waals surface area (Å²) >= 11 is 0. The number of ether oxygens (including phenoxy) is 1. The Kier molecular flexibility index (Phi) is 8.39. The Bertz CT molecular complexity index is 446. The number of methoxy groups -OCH3 is 1. The van der Waals surface area contributed by atoms with E-state index in [1.54, 1.807) is 7.11 Å². The summed E-state index contributed by atoms with van der Waals surface area (Å²) in [6.07, 6.45) is 5.11. The van der Waals surface area contributed by atoms with E-state index in [1.165, 1.54) is 0 Å². The lowest BCUT2D eigenvalue weighted by Gasteiger charge is -2.35. The fourth-order valence-electron chi connectivity index (χ4n) is 3.85. The molecule has 1 aliphatic rings. The fourth-order valence-corrected chi connectivity index (χ4v) is 3.85. The van der Waals surface area contributed by atoms with Crippen molar-refractivity contribution in [2.24, 2.45) is 10.8 Å². The van der Waals surface area contributed by atoms with Gasteiger partial charge in [-0.2, -0.15) is 0 Å². The van der Waals surface area contributed by atoms with Crippen molar-refractivity contribution < 1.29 is 14.3 Å². The third-order valence-electron chi connectivity index (χ3n) is 4.94. The zero-order valence-electron chi connectivity index (χ0n) is 17.1. The first kappa shape index (κ1) is 21.9. The molecule has 0 radical (unpaired) electrons. The van der Waals surface area contributed by atoms with Crippen LogP contribution in [-0.4, -0.2) is 49.6 Å². The average molecular weight is 355 g/mol. The quantitative estimate of drug-likeness (QED) is 0.654. The molecule has 0 aromatic carbocycles. The third kappa shape index (κ3) is 8.21. The molecule has 1 fully saturated rings. The number of likely N-dealkylation sites (tertiary alicyclic amines) is 1. The molecule has 146 valence electrons. The number of carbonyl (C=O) groups is 2. The molecule has 1 heterocycles. The van der Waals surface area contributed by atoms with Crippen LogP contribution in [0.2, 0.25) is 0 Å². The van der Waals surface area contributed by atoms with Gasteiger partial charge in [-0.15, -0.1) is 0 Å². The zero-order valence-corrected chi connectivity index (χ0v) is 17.1. The van der Waals surface area contributed by atoms with E-state index < -0.39 is 0 Å². The van der Waals surface area contributed by atoms with Crippen molar-refractivity contribution in [3.8, 4) is 0 Å². The topological polar surface area (TPSA) is 58.6 Å². The molecule has 1 unspecified atom stereocenters. The van der Waals surface area contributed by atoms with E-state index in [1.807, 2.05) is 4.90 Å². The molecule has 0 saturated carbocycles. The van der Waals surface area contributed by atoms with Gasteiger partial charge in [0.05, 0.1) is 6.10 Å². The minimum Gasteiger partial charge on any atom is -0.380 e. The maximum absolute atomic E-state index is 12.6. The van der Waals surface area contributed by atoms with Crippen molar-refractivity contribution in [3.05, 3.63) is 0 Å². The van der Waals surface area contributed by atoms with Crippen molar-refractivity contribution >= 4 is 11.8 Å². The van der Waals surface area contributed by atoms with Crippen LogP contribution < -0.4 is 5.32 Å². The minimum absolute atomic E-state index is 0.0360. The van der Waals surface area contributed by atoms with E-state index in [0.717, 1.165) is 32.2 Å². The zero-order chi connectivity index (χ0) is 19.1. The summed E-state index contributed by atoms with van der Waals surface area (Å²) in [4.78, 5) is 26.4. The first-order chi connectivity index (χ1) is 11.6. The Morgan fingerprint density at radius 2 is 1.88 bits per heavy atom. The Morgan fingerprint density at radius 1 is 1.20 bits per heavy atom. The van der Waals surface area contributed by atoms with Crippen LogP contribution in [0, 0.1) is 10.8 Å². The van der Waals surface area contributed by atoms with Gasteiger partial charge in [-0.05, 0) is 30.1 Å². The molecule has 1 saturated heterocycles. The number of hydrogen-bond donors (Lipinski definition) is 1. The number of unbranched alkanes of at least 4 members (excludes halogenated alkanes) is 1. The van der Waals surface area contributed by atoms with E-state index >= 15 is 0 Å². The highest BCUT2D eigenvalue weighted by atomic mass is 16.5. The van der Waals surface area contributed by atoms with E-state index in [2.05, 4.69) is 39.9 Å². The van der Waals surface area contributed by atoms with Crippen LogP contribution in [0.1, 0.15) is 73.1 Å². The summed E-state index contributed by atoms with van der Waals surface area (Å²) in [5.74, 6) is 0.346. The number of carbonyl (C=O) groups excluding carboxylic acids is 2. The molecular weight excluding hydrogens is 316 g/mol. The van der Waals surface area contributed by atoms with Gasteiger partial charge >= 0.3 is 0 Å². The molecule has 1 rings (SSSR count). The predicted octanol–water partition coefficient (Wildman–Crippen LogP) is 3.37. The van der Waals surface area contributed by atoms with Crippen LogP contribution in [0.15, 0.2) is 0 Å². The molecule has 1 N–H and O–H groups in total. The number of nitrogens with one attached hydrogen (secondary N) is 1.